The molecule has 0 aliphatic carbocycles. The quantitative estimate of drug-likeness (QED) is 0.848. The van der Waals surface area contributed by atoms with Gasteiger partial charge in [0.05, 0.1) is 0 Å². The van der Waals surface area contributed by atoms with Gasteiger partial charge in [-0.1, -0.05) is 18.2 Å². The number of thioether (sulfide) groups is 1. The van der Waals surface area contributed by atoms with E-state index in [-0.39, 0.29) is 6.04 Å². The third kappa shape index (κ3) is 3.72. The van der Waals surface area contributed by atoms with Crippen molar-refractivity contribution in [3.8, 4) is 11.6 Å². The van der Waals surface area contributed by atoms with Gasteiger partial charge in [-0.15, -0.1) is 11.8 Å². The monoisotopic (exact) mass is 274 g/mol. The molecule has 19 heavy (non-hydrogen) atoms. The maximum absolute atomic E-state index is 5.94. The summed E-state index contributed by atoms with van der Waals surface area (Å²) < 4.78 is 5.94. The molecule has 0 aliphatic heterocycles. The Morgan fingerprint density at radius 2 is 2.05 bits per heavy atom. The lowest BCUT2D eigenvalue weighted by atomic mass is 10.1. The van der Waals surface area contributed by atoms with Crippen LogP contribution in [0.1, 0.15) is 12.5 Å². The van der Waals surface area contributed by atoms with Crippen LogP contribution < -0.4 is 10.5 Å². The average molecular weight is 274 g/mol. The first kappa shape index (κ1) is 13.9. The zero-order chi connectivity index (χ0) is 13.7. The third-order valence-corrected chi connectivity index (χ3v) is 3.44. The Morgan fingerprint density at radius 1 is 1.26 bits per heavy atom. The fourth-order valence-corrected chi connectivity index (χ4v) is 2.35. The van der Waals surface area contributed by atoms with E-state index < -0.39 is 0 Å². The molecule has 2 rings (SSSR count). The number of nitrogens with two attached hydrogens (primary N) is 1. The van der Waals surface area contributed by atoms with Crippen LogP contribution in [0.3, 0.4) is 0 Å². The predicted octanol–water partition coefficient (Wildman–Crippen LogP) is 3.49. The van der Waals surface area contributed by atoms with Crippen molar-refractivity contribution in [1.82, 2.24) is 4.98 Å². The molecule has 0 fully saturated rings. The van der Waals surface area contributed by atoms with Crippen LogP contribution in [0, 0.1) is 0 Å². The van der Waals surface area contributed by atoms with Crippen LogP contribution in [0.2, 0.25) is 0 Å². The van der Waals surface area contributed by atoms with E-state index in [0.717, 1.165) is 22.6 Å². The van der Waals surface area contributed by atoms with Gasteiger partial charge in [0, 0.05) is 22.7 Å². The van der Waals surface area contributed by atoms with Gasteiger partial charge in [-0.3, -0.25) is 0 Å². The Kier molecular flexibility index (Phi) is 4.82. The minimum Gasteiger partial charge on any atom is -0.438 e. The second-order valence-electron chi connectivity index (χ2n) is 4.40. The summed E-state index contributed by atoms with van der Waals surface area (Å²) in [6, 6.07) is 12.0. The normalized spacial score (nSPS) is 12.2. The number of pyridine rings is 1. The molecule has 0 radical (unpaired) electrons. The van der Waals surface area contributed by atoms with Gasteiger partial charge in [-0.25, -0.2) is 4.98 Å². The lowest BCUT2D eigenvalue weighted by Gasteiger charge is -2.13. The summed E-state index contributed by atoms with van der Waals surface area (Å²) in [5.41, 5.74) is 6.89. The summed E-state index contributed by atoms with van der Waals surface area (Å²) in [7, 11) is 0. The maximum atomic E-state index is 5.94. The molecule has 0 aliphatic rings. The molecule has 0 saturated heterocycles. The van der Waals surface area contributed by atoms with E-state index in [9.17, 15) is 0 Å². The lowest BCUT2D eigenvalue weighted by Crippen LogP contribution is -2.18. The fraction of sp³-hybridized carbons (Fsp3) is 0.267. The van der Waals surface area contributed by atoms with Gasteiger partial charge in [0.25, 0.3) is 0 Å². The van der Waals surface area contributed by atoms with E-state index in [2.05, 4.69) is 4.98 Å². The summed E-state index contributed by atoms with van der Waals surface area (Å²) >= 11 is 1.66. The highest BCUT2D eigenvalue weighted by Gasteiger charge is 2.10. The summed E-state index contributed by atoms with van der Waals surface area (Å²) in [4.78, 5) is 5.41. The van der Waals surface area contributed by atoms with Gasteiger partial charge in [-0.2, -0.15) is 0 Å². The predicted molar refractivity (Wildman–Crippen MR) is 79.9 cm³/mol. The second kappa shape index (κ2) is 6.59. The number of aromatic nitrogens is 1. The molecule has 4 heteroatoms. The highest BCUT2D eigenvalue weighted by molar-refractivity contribution is 7.98. The molecule has 3 nitrogen and oxygen atoms in total. The first-order valence-corrected chi connectivity index (χ1v) is 7.43. The molecule has 1 aromatic heterocycles. The molecule has 0 amide bonds. The molecule has 1 aromatic carbocycles. The van der Waals surface area contributed by atoms with Gasteiger partial charge in [0.15, 0.2) is 0 Å². The highest BCUT2D eigenvalue weighted by Crippen LogP contribution is 2.31. The zero-order valence-corrected chi connectivity index (χ0v) is 12.0. The molecule has 0 spiro atoms. The summed E-state index contributed by atoms with van der Waals surface area (Å²) in [5.74, 6) is 1.47. The largest absolute Gasteiger partial charge is 0.438 e. The Labute approximate surface area is 118 Å². The topological polar surface area (TPSA) is 48.1 Å². The molecular weight excluding hydrogens is 256 g/mol. The summed E-state index contributed by atoms with van der Waals surface area (Å²) in [6.07, 6.45) is 4.52. The zero-order valence-electron chi connectivity index (χ0n) is 11.2. The Hall–Kier alpha value is -1.52. The van der Waals surface area contributed by atoms with Gasteiger partial charge in [-0.05, 0) is 37.8 Å². The average Bonchev–Trinajstić information content (AvgIpc) is 2.41. The summed E-state index contributed by atoms with van der Waals surface area (Å²) in [6.45, 7) is 1.98. The molecule has 2 N–H and O–H groups in total. The van der Waals surface area contributed by atoms with Crippen molar-refractivity contribution >= 4 is 11.8 Å². The van der Waals surface area contributed by atoms with Crippen LogP contribution >= 0.6 is 11.8 Å². The molecular formula is C15H18N2OS. The minimum absolute atomic E-state index is 0.0855. The Bertz CT molecular complexity index is 543. The van der Waals surface area contributed by atoms with Gasteiger partial charge < -0.3 is 10.5 Å². The Balaban J connectivity index is 2.27. The molecule has 100 valence electrons. The van der Waals surface area contributed by atoms with Crippen molar-refractivity contribution in [2.24, 2.45) is 5.73 Å². The van der Waals surface area contributed by atoms with Crippen molar-refractivity contribution in [3.63, 3.8) is 0 Å². The number of ether oxygens (including phenoxy) is 1. The van der Waals surface area contributed by atoms with Gasteiger partial charge in [0.2, 0.25) is 5.88 Å². The highest BCUT2D eigenvalue weighted by atomic mass is 32.2. The van der Waals surface area contributed by atoms with Gasteiger partial charge >= 0.3 is 0 Å². The number of benzene rings is 1. The number of nitrogens with zero attached hydrogens (tertiary/aromatic N) is 1. The van der Waals surface area contributed by atoms with Crippen LogP contribution in [0.5, 0.6) is 11.6 Å². The molecule has 1 atom stereocenters. The fourth-order valence-electron chi connectivity index (χ4n) is 1.83. The smallest absolute Gasteiger partial charge is 0.222 e. The third-order valence-electron chi connectivity index (χ3n) is 2.67. The van der Waals surface area contributed by atoms with Crippen LogP contribution in [0.25, 0.3) is 0 Å². The molecule has 0 saturated carbocycles. The van der Waals surface area contributed by atoms with E-state index >= 15 is 0 Å². The SMILES string of the molecule is CSc1ccccc1Oc1ncccc1CC(C)N. The standard InChI is InChI=1S/C15H18N2OS/c1-11(16)10-12-6-5-9-17-15(12)18-13-7-3-4-8-14(13)19-2/h3-9,11H,10,16H2,1-2H3. The van der Waals surface area contributed by atoms with E-state index in [0.29, 0.717) is 5.88 Å². The number of rotatable bonds is 5. The summed E-state index contributed by atoms with van der Waals surface area (Å²) in [5, 5.41) is 0. The van der Waals surface area contributed by atoms with E-state index in [1.165, 1.54) is 0 Å². The first-order valence-electron chi connectivity index (χ1n) is 6.21. The van der Waals surface area contributed by atoms with Crippen molar-refractivity contribution < 1.29 is 4.74 Å². The van der Waals surface area contributed by atoms with Crippen molar-refractivity contribution in [2.75, 3.05) is 6.26 Å². The molecule has 0 bridgehead atoms. The number of para-hydroxylation sites is 1. The van der Waals surface area contributed by atoms with Gasteiger partial charge in [0.1, 0.15) is 5.75 Å². The van der Waals surface area contributed by atoms with Crippen molar-refractivity contribution in [3.05, 3.63) is 48.2 Å². The van der Waals surface area contributed by atoms with E-state index in [4.69, 9.17) is 10.5 Å². The van der Waals surface area contributed by atoms with Crippen LogP contribution in [-0.2, 0) is 6.42 Å². The number of hydrogen-bond donors (Lipinski definition) is 1. The van der Waals surface area contributed by atoms with Crippen LogP contribution in [0.4, 0.5) is 0 Å². The molecule has 2 aromatic rings. The van der Waals surface area contributed by atoms with Crippen LogP contribution in [0.15, 0.2) is 47.5 Å². The van der Waals surface area contributed by atoms with Crippen molar-refractivity contribution in [1.29, 1.82) is 0 Å². The Morgan fingerprint density at radius 3 is 2.79 bits per heavy atom. The molecule has 1 heterocycles. The first-order chi connectivity index (χ1) is 9.20. The van der Waals surface area contributed by atoms with Crippen LogP contribution in [-0.4, -0.2) is 17.3 Å². The van der Waals surface area contributed by atoms with Crippen molar-refractivity contribution in [2.45, 2.75) is 24.3 Å². The number of hydrogen-bond acceptors (Lipinski definition) is 4. The minimum atomic E-state index is 0.0855. The second-order valence-corrected chi connectivity index (χ2v) is 5.25. The maximum Gasteiger partial charge on any atom is 0.222 e. The van der Waals surface area contributed by atoms with E-state index in [1.807, 2.05) is 49.6 Å². The van der Waals surface area contributed by atoms with E-state index in [1.54, 1.807) is 18.0 Å². The lowest BCUT2D eigenvalue weighted by molar-refractivity contribution is 0.444. The molecule has 1 unspecified atom stereocenters.